The van der Waals surface area contributed by atoms with Crippen molar-refractivity contribution >= 4 is 40.8 Å². The Morgan fingerprint density at radius 2 is 1.68 bits per heavy atom. The maximum atomic E-state index is 12.5. The monoisotopic (exact) mass is 457 g/mol. The predicted octanol–water partition coefficient (Wildman–Crippen LogP) is 7.00. The molecule has 3 aromatic rings. The number of benzene rings is 2. The van der Waals surface area contributed by atoms with Crippen molar-refractivity contribution in [3.05, 3.63) is 76.0 Å². The van der Waals surface area contributed by atoms with Gasteiger partial charge in [-0.1, -0.05) is 29.6 Å². The van der Waals surface area contributed by atoms with Gasteiger partial charge in [-0.2, -0.15) is 0 Å². The zero-order valence-electron chi connectivity index (χ0n) is 16.7. The number of amides is 1. The summed E-state index contributed by atoms with van der Waals surface area (Å²) >= 11 is 12.2. The fourth-order valence-corrected chi connectivity index (χ4v) is 3.96. The van der Waals surface area contributed by atoms with Crippen molar-refractivity contribution in [1.82, 2.24) is 0 Å². The quantitative estimate of drug-likeness (QED) is 0.418. The van der Waals surface area contributed by atoms with Crippen LogP contribution in [0.4, 0.5) is 5.69 Å². The maximum absolute atomic E-state index is 12.5. The number of rotatable bonds is 5. The van der Waals surface area contributed by atoms with Gasteiger partial charge in [-0.15, -0.1) is 0 Å². The number of furan rings is 1. The van der Waals surface area contributed by atoms with Gasteiger partial charge < -0.3 is 14.5 Å². The molecule has 1 aliphatic rings. The molecule has 1 N–H and O–H groups in total. The highest BCUT2D eigenvalue weighted by Gasteiger charge is 2.19. The van der Waals surface area contributed by atoms with E-state index in [4.69, 9.17) is 32.4 Å². The fraction of sp³-hybridized carbons (Fsp3) is 0.250. The number of ether oxygens (including phenoxy) is 1. The zero-order valence-corrected chi connectivity index (χ0v) is 18.2. The molecule has 5 nitrogen and oxygen atoms in total. The lowest BCUT2D eigenvalue weighted by Crippen LogP contribution is -2.20. The number of esters is 1. The predicted molar refractivity (Wildman–Crippen MR) is 121 cm³/mol. The molecule has 0 radical (unpaired) electrons. The molecule has 2 aromatic carbocycles. The molecule has 0 saturated heterocycles. The van der Waals surface area contributed by atoms with E-state index in [0.29, 0.717) is 32.6 Å². The van der Waals surface area contributed by atoms with Gasteiger partial charge in [-0.3, -0.25) is 4.79 Å². The third-order valence-electron chi connectivity index (χ3n) is 5.23. The molecular formula is C24H21Cl2NO4. The molecule has 160 valence electrons. The molecule has 1 aliphatic carbocycles. The Kier molecular flexibility index (Phi) is 6.64. The van der Waals surface area contributed by atoms with Crippen molar-refractivity contribution in [3.63, 3.8) is 0 Å². The standard InChI is InChI=1S/C24H21Cl2NO4/c25-16-8-11-20(26)19(14-16)21-12-13-22(31-21)23(28)27-17-9-6-15(7-10-17)24(29)30-18-4-2-1-3-5-18/h6-14,18H,1-5H2,(H,27,28). The van der Waals surface area contributed by atoms with Crippen molar-refractivity contribution in [3.8, 4) is 11.3 Å². The van der Waals surface area contributed by atoms with Gasteiger partial charge >= 0.3 is 5.97 Å². The number of carbonyl (C=O) groups excluding carboxylic acids is 2. The first-order chi connectivity index (χ1) is 15.0. The Bertz CT molecular complexity index is 1090. The average molecular weight is 458 g/mol. The number of nitrogens with one attached hydrogen (secondary N) is 1. The second kappa shape index (κ2) is 9.58. The smallest absolute Gasteiger partial charge is 0.338 e. The van der Waals surface area contributed by atoms with E-state index < -0.39 is 5.91 Å². The molecule has 31 heavy (non-hydrogen) atoms. The summed E-state index contributed by atoms with van der Waals surface area (Å²) in [6.45, 7) is 0. The third-order valence-corrected chi connectivity index (χ3v) is 5.79. The SMILES string of the molecule is O=C(OC1CCCCC1)c1ccc(NC(=O)c2ccc(-c3cc(Cl)ccc3Cl)o2)cc1. The summed E-state index contributed by atoms with van der Waals surface area (Å²) in [5.74, 6) is -0.175. The highest BCUT2D eigenvalue weighted by Crippen LogP contribution is 2.32. The number of hydrogen-bond donors (Lipinski definition) is 1. The van der Waals surface area contributed by atoms with Gasteiger partial charge in [0, 0.05) is 16.3 Å². The first-order valence-corrected chi connectivity index (χ1v) is 10.9. The van der Waals surface area contributed by atoms with E-state index in [0.717, 1.165) is 25.7 Å². The summed E-state index contributed by atoms with van der Waals surface area (Å²) in [4.78, 5) is 24.8. The first kappa shape index (κ1) is 21.5. The Morgan fingerprint density at radius 1 is 0.935 bits per heavy atom. The van der Waals surface area contributed by atoms with Gasteiger partial charge in [0.05, 0.1) is 10.6 Å². The molecule has 1 amide bonds. The van der Waals surface area contributed by atoms with Gasteiger partial charge in [0.25, 0.3) is 5.91 Å². The highest BCUT2D eigenvalue weighted by atomic mass is 35.5. The Balaban J connectivity index is 1.39. The minimum Gasteiger partial charge on any atom is -0.459 e. The molecule has 1 fully saturated rings. The summed E-state index contributed by atoms with van der Waals surface area (Å²) < 4.78 is 11.2. The normalized spacial score (nSPS) is 14.3. The van der Waals surface area contributed by atoms with E-state index in [1.54, 1.807) is 54.6 Å². The fourth-order valence-electron chi connectivity index (χ4n) is 3.58. The van der Waals surface area contributed by atoms with Crippen LogP contribution < -0.4 is 5.32 Å². The molecule has 7 heteroatoms. The van der Waals surface area contributed by atoms with Crippen LogP contribution in [0, 0.1) is 0 Å². The van der Waals surface area contributed by atoms with E-state index in [1.165, 1.54) is 6.42 Å². The third kappa shape index (κ3) is 5.30. The largest absolute Gasteiger partial charge is 0.459 e. The van der Waals surface area contributed by atoms with E-state index in [9.17, 15) is 9.59 Å². The summed E-state index contributed by atoms with van der Waals surface area (Å²) in [6.07, 6.45) is 5.24. The van der Waals surface area contributed by atoms with E-state index in [1.807, 2.05) is 0 Å². The summed E-state index contributed by atoms with van der Waals surface area (Å²) in [5, 5.41) is 3.74. The van der Waals surface area contributed by atoms with Crippen LogP contribution >= 0.6 is 23.2 Å². The lowest BCUT2D eigenvalue weighted by Gasteiger charge is -2.21. The number of hydrogen-bond acceptors (Lipinski definition) is 4. The van der Waals surface area contributed by atoms with Crippen LogP contribution in [0.1, 0.15) is 53.0 Å². The molecule has 0 atom stereocenters. The first-order valence-electron chi connectivity index (χ1n) is 10.2. The molecule has 0 unspecified atom stereocenters. The van der Waals surface area contributed by atoms with Crippen molar-refractivity contribution in [2.75, 3.05) is 5.32 Å². The zero-order chi connectivity index (χ0) is 21.8. The van der Waals surface area contributed by atoms with Crippen LogP contribution in [-0.2, 0) is 4.74 Å². The maximum Gasteiger partial charge on any atom is 0.338 e. The van der Waals surface area contributed by atoms with Crippen molar-refractivity contribution in [2.45, 2.75) is 38.2 Å². The van der Waals surface area contributed by atoms with E-state index in [-0.39, 0.29) is 17.8 Å². The molecule has 0 bridgehead atoms. The number of anilines is 1. The molecule has 1 heterocycles. The highest BCUT2D eigenvalue weighted by molar-refractivity contribution is 6.35. The second-order valence-corrected chi connectivity index (χ2v) is 8.33. The molecule has 0 spiro atoms. The summed E-state index contributed by atoms with van der Waals surface area (Å²) in [5.41, 5.74) is 1.60. The number of carbonyl (C=O) groups is 2. The molecule has 4 rings (SSSR count). The molecular weight excluding hydrogens is 437 g/mol. The Morgan fingerprint density at radius 3 is 2.42 bits per heavy atom. The van der Waals surface area contributed by atoms with Gasteiger partial charge in [0.1, 0.15) is 11.9 Å². The molecule has 1 saturated carbocycles. The lowest BCUT2D eigenvalue weighted by atomic mass is 9.98. The molecule has 1 aromatic heterocycles. The Labute approximate surface area is 190 Å². The average Bonchev–Trinajstić information content (AvgIpc) is 3.27. The lowest BCUT2D eigenvalue weighted by molar-refractivity contribution is 0.0211. The molecule has 0 aliphatic heterocycles. The van der Waals surface area contributed by atoms with Crippen LogP contribution in [0.3, 0.4) is 0 Å². The van der Waals surface area contributed by atoms with Crippen LogP contribution in [0.2, 0.25) is 10.0 Å². The van der Waals surface area contributed by atoms with Crippen LogP contribution in [0.5, 0.6) is 0 Å². The summed E-state index contributed by atoms with van der Waals surface area (Å²) in [7, 11) is 0. The Hall–Kier alpha value is -2.76. The second-order valence-electron chi connectivity index (χ2n) is 7.48. The van der Waals surface area contributed by atoms with Crippen molar-refractivity contribution < 1.29 is 18.7 Å². The van der Waals surface area contributed by atoms with Gasteiger partial charge in [0.2, 0.25) is 0 Å². The van der Waals surface area contributed by atoms with Crippen LogP contribution in [-0.4, -0.2) is 18.0 Å². The van der Waals surface area contributed by atoms with Crippen molar-refractivity contribution in [1.29, 1.82) is 0 Å². The number of halogens is 2. The van der Waals surface area contributed by atoms with Gasteiger partial charge in [-0.05, 0) is 80.3 Å². The van der Waals surface area contributed by atoms with Crippen LogP contribution in [0.25, 0.3) is 11.3 Å². The van der Waals surface area contributed by atoms with Crippen molar-refractivity contribution in [2.24, 2.45) is 0 Å². The van der Waals surface area contributed by atoms with Crippen LogP contribution in [0.15, 0.2) is 59.0 Å². The minimum absolute atomic E-state index is 0.00165. The van der Waals surface area contributed by atoms with E-state index in [2.05, 4.69) is 5.32 Å². The topological polar surface area (TPSA) is 68.5 Å². The van der Waals surface area contributed by atoms with E-state index >= 15 is 0 Å². The van der Waals surface area contributed by atoms with Gasteiger partial charge in [0.15, 0.2) is 5.76 Å². The minimum atomic E-state index is -0.415. The summed E-state index contributed by atoms with van der Waals surface area (Å²) in [6, 6.07) is 14.9. The van der Waals surface area contributed by atoms with Gasteiger partial charge in [-0.25, -0.2) is 4.79 Å².